The number of amides is 1. The normalized spacial score (nSPS) is 12.4. The van der Waals surface area contributed by atoms with Crippen LogP contribution in [0.5, 0.6) is 5.75 Å². The van der Waals surface area contributed by atoms with Crippen molar-refractivity contribution in [3.63, 3.8) is 0 Å². The number of nitrogens with zero attached hydrogens (tertiary/aromatic N) is 1. The minimum atomic E-state index is -0.432. The number of carbonyl (C=O) groups is 1. The van der Waals surface area contributed by atoms with Crippen LogP contribution in [-0.2, 0) is 4.79 Å². The van der Waals surface area contributed by atoms with Crippen molar-refractivity contribution in [2.24, 2.45) is 5.10 Å². The maximum atomic E-state index is 12.1. The van der Waals surface area contributed by atoms with Gasteiger partial charge in [0.1, 0.15) is 11.8 Å². The number of benzene rings is 2. The average molecular weight is 346 g/mol. The molecule has 2 aromatic carbocycles. The molecule has 126 valence electrons. The fraction of sp³-hybridized carbons (Fsp3) is 0.222. The van der Waals surface area contributed by atoms with Crippen LogP contribution >= 0.6 is 11.6 Å². The molecule has 2 rings (SSSR count). The SMILES string of the molecule is COc1ccc(C(C)=NNC(=O)[C@@H](C)Nc2ccc(Cl)cc2)cc1. The van der Waals surface area contributed by atoms with Gasteiger partial charge in [-0.25, -0.2) is 5.43 Å². The number of carbonyl (C=O) groups excluding carboxylic acids is 1. The largest absolute Gasteiger partial charge is 0.497 e. The second-order valence-corrected chi connectivity index (χ2v) is 5.71. The van der Waals surface area contributed by atoms with E-state index in [1.54, 1.807) is 26.2 Å². The molecule has 0 spiro atoms. The highest BCUT2D eigenvalue weighted by Gasteiger charge is 2.12. The van der Waals surface area contributed by atoms with Crippen LogP contribution in [-0.4, -0.2) is 24.8 Å². The van der Waals surface area contributed by atoms with E-state index in [0.717, 1.165) is 17.0 Å². The summed E-state index contributed by atoms with van der Waals surface area (Å²) >= 11 is 5.84. The molecule has 0 bridgehead atoms. The second-order valence-electron chi connectivity index (χ2n) is 5.27. The molecule has 0 heterocycles. The Morgan fingerprint density at radius 1 is 1.12 bits per heavy atom. The zero-order valence-corrected chi connectivity index (χ0v) is 14.6. The molecule has 2 N–H and O–H groups in total. The zero-order chi connectivity index (χ0) is 17.5. The van der Waals surface area contributed by atoms with E-state index in [1.165, 1.54) is 0 Å². The molecular weight excluding hydrogens is 326 g/mol. The molecule has 0 fully saturated rings. The van der Waals surface area contributed by atoms with Gasteiger partial charge in [-0.1, -0.05) is 11.6 Å². The van der Waals surface area contributed by atoms with Crippen molar-refractivity contribution in [1.82, 2.24) is 5.43 Å². The first-order chi connectivity index (χ1) is 11.5. The fourth-order valence-electron chi connectivity index (χ4n) is 1.99. The van der Waals surface area contributed by atoms with E-state index in [9.17, 15) is 4.79 Å². The number of hydrogen-bond donors (Lipinski definition) is 2. The van der Waals surface area contributed by atoms with E-state index in [0.29, 0.717) is 10.7 Å². The fourth-order valence-corrected chi connectivity index (χ4v) is 2.12. The van der Waals surface area contributed by atoms with Gasteiger partial charge in [0, 0.05) is 10.7 Å². The van der Waals surface area contributed by atoms with Crippen molar-refractivity contribution < 1.29 is 9.53 Å². The lowest BCUT2D eigenvalue weighted by molar-refractivity contribution is -0.121. The molecule has 5 nitrogen and oxygen atoms in total. The van der Waals surface area contributed by atoms with E-state index in [2.05, 4.69) is 15.8 Å². The minimum Gasteiger partial charge on any atom is -0.497 e. The van der Waals surface area contributed by atoms with Gasteiger partial charge < -0.3 is 10.1 Å². The number of hydrazone groups is 1. The summed E-state index contributed by atoms with van der Waals surface area (Å²) in [7, 11) is 1.62. The zero-order valence-electron chi connectivity index (χ0n) is 13.8. The third-order valence-electron chi connectivity index (χ3n) is 3.46. The molecule has 6 heteroatoms. The summed E-state index contributed by atoms with van der Waals surface area (Å²) in [6.45, 7) is 3.60. The monoisotopic (exact) mass is 345 g/mol. The van der Waals surface area contributed by atoms with Crippen LogP contribution in [0.25, 0.3) is 0 Å². The number of anilines is 1. The first-order valence-corrected chi connectivity index (χ1v) is 7.88. The summed E-state index contributed by atoms with van der Waals surface area (Å²) in [6, 6.07) is 14.2. The third kappa shape index (κ3) is 4.99. The van der Waals surface area contributed by atoms with Gasteiger partial charge in [-0.2, -0.15) is 5.10 Å². The van der Waals surface area contributed by atoms with Gasteiger partial charge in [0.2, 0.25) is 0 Å². The predicted octanol–water partition coefficient (Wildman–Crippen LogP) is 3.69. The number of nitrogens with one attached hydrogen (secondary N) is 2. The van der Waals surface area contributed by atoms with Crippen LogP contribution in [0.3, 0.4) is 0 Å². The summed E-state index contributed by atoms with van der Waals surface area (Å²) in [6.07, 6.45) is 0. The van der Waals surface area contributed by atoms with E-state index < -0.39 is 6.04 Å². The van der Waals surface area contributed by atoms with Crippen molar-refractivity contribution in [2.45, 2.75) is 19.9 Å². The highest BCUT2D eigenvalue weighted by molar-refractivity contribution is 6.30. The maximum absolute atomic E-state index is 12.1. The van der Waals surface area contributed by atoms with E-state index in [-0.39, 0.29) is 5.91 Å². The average Bonchev–Trinajstić information content (AvgIpc) is 2.61. The molecule has 0 saturated heterocycles. The number of ether oxygens (including phenoxy) is 1. The third-order valence-corrected chi connectivity index (χ3v) is 3.71. The highest BCUT2D eigenvalue weighted by atomic mass is 35.5. The molecule has 1 amide bonds. The molecular formula is C18H20ClN3O2. The number of methoxy groups -OCH3 is 1. The first-order valence-electron chi connectivity index (χ1n) is 7.50. The van der Waals surface area contributed by atoms with E-state index >= 15 is 0 Å². The Kier molecular flexibility index (Phi) is 6.21. The van der Waals surface area contributed by atoms with Crippen molar-refractivity contribution >= 4 is 28.9 Å². The second kappa shape index (κ2) is 8.36. The first kappa shape index (κ1) is 17.8. The summed E-state index contributed by atoms with van der Waals surface area (Å²) in [5.41, 5.74) is 5.01. The van der Waals surface area contributed by atoms with Gasteiger partial charge in [0.15, 0.2) is 0 Å². The van der Waals surface area contributed by atoms with Crippen LogP contribution in [0.1, 0.15) is 19.4 Å². The molecule has 24 heavy (non-hydrogen) atoms. The van der Waals surface area contributed by atoms with Crippen LogP contribution in [0.15, 0.2) is 53.6 Å². The lowest BCUT2D eigenvalue weighted by Crippen LogP contribution is -2.35. The molecule has 0 aliphatic rings. The lowest BCUT2D eigenvalue weighted by Gasteiger charge is -2.14. The summed E-state index contributed by atoms with van der Waals surface area (Å²) in [4.78, 5) is 12.1. The van der Waals surface area contributed by atoms with Crippen molar-refractivity contribution in [3.8, 4) is 5.75 Å². The molecule has 0 radical (unpaired) electrons. The molecule has 0 aromatic heterocycles. The van der Waals surface area contributed by atoms with Crippen molar-refractivity contribution in [3.05, 3.63) is 59.1 Å². The van der Waals surface area contributed by atoms with Crippen molar-refractivity contribution in [2.75, 3.05) is 12.4 Å². The maximum Gasteiger partial charge on any atom is 0.262 e. The standard InChI is InChI=1S/C18H20ClN3O2/c1-12(14-4-10-17(24-3)11-5-14)21-22-18(23)13(2)20-16-8-6-15(19)7-9-16/h4-11,13,20H,1-3H3,(H,22,23)/t13-/m1/s1. The van der Waals surface area contributed by atoms with Gasteiger partial charge in [0.05, 0.1) is 12.8 Å². The van der Waals surface area contributed by atoms with Gasteiger partial charge in [-0.05, 0) is 67.9 Å². The Balaban J connectivity index is 1.93. The Bertz CT molecular complexity index is 712. The topological polar surface area (TPSA) is 62.7 Å². The molecule has 0 aliphatic heterocycles. The number of halogens is 1. The molecule has 0 unspecified atom stereocenters. The molecule has 0 aliphatic carbocycles. The summed E-state index contributed by atoms with van der Waals surface area (Å²) in [5, 5.41) is 7.88. The Labute approximate surface area is 146 Å². The number of hydrogen-bond acceptors (Lipinski definition) is 4. The van der Waals surface area contributed by atoms with Crippen LogP contribution < -0.4 is 15.5 Å². The van der Waals surface area contributed by atoms with E-state index in [1.807, 2.05) is 43.3 Å². The van der Waals surface area contributed by atoms with Crippen molar-refractivity contribution in [1.29, 1.82) is 0 Å². The van der Waals surface area contributed by atoms with Crippen LogP contribution in [0.4, 0.5) is 5.69 Å². The smallest absolute Gasteiger partial charge is 0.262 e. The highest BCUT2D eigenvalue weighted by Crippen LogP contribution is 2.14. The molecule has 1 atom stereocenters. The van der Waals surface area contributed by atoms with Gasteiger partial charge >= 0.3 is 0 Å². The Morgan fingerprint density at radius 2 is 1.75 bits per heavy atom. The lowest BCUT2D eigenvalue weighted by atomic mass is 10.1. The number of rotatable bonds is 6. The van der Waals surface area contributed by atoms with Gasteiger partial charge in [0.25, 0.3) is 5.91 Å². The van der Waals surface area contributed by atoms with Gasteiger partial charge in [-0.15, -0.1) is 0 Å². The van der Waals surface area contributed by atoms with Crippen LogP contribution in [0.2, 0.25) is 5.02 Å². The quantitative estimate of drug-likeness (QED) is 0.620. The summed E-state index contributed by atoms with van der Waals surface area (Å²) < 4.78 is 5.12. The molecule has 0 saturated carbocycles. The summed E-state index contributed by atoms with van der Waals surface area (Å²) in [5.74, 6) is 0.550. The van der Waals surface area contributed by atoms with Crippen LogP contribution in [0, 0.1) is 0 Å². The Hall–Kier alpha value is -2.53. The predicted molar refractivity (Wildman–Crippen MR) is 97.9 cm³/mol. The van der Waals surface area contributed by atoms with Gasteiger partial charge in [-0.3, -0.25) is 4.79 Å². The minimum absolute atomic E-state index is 0.224. The molecule has 2 aromatic rings. The van der Waals surface area contributed by atoms with E-state index in [4.69, 9.17) is 16.3 Å². The Morgan fingerprint density at radius 3 is 2.33 bits per heavy atom.